The van der Waals surface area contributed by atoms with E-state index in [-0.39, 0.29) is 30.3 Å². The molecule has 1 aromatic heterocycles. The van der Waals surface area contributed by atoms with Gasteiger partial charge < -0.3 is 19.9 Å². The first kappa shape index (κ1) is 27.6. The molecule has 1 heterocycles. The molecule has 1 saturated carbocycles. The lowest BCUT2D eigenvalue weighted by molar-refractivity contribution is -0.133. The summed E-state index contributed by atoms with van der Waals surface area (Å²) in [6, 6.07) is 15.3. The number of amides is 3. The zero-order valence-electron chi connectivity index (χ0n) is 22.1. The SMILES string of the molecule is CCOc1ccccc1NC(=O)N(CC(=O)N(Cc1ccc(F)cc1)Cc1sccc1C)C1CCCCC1. The second-order valence-electron chi connectivity index (χ2n) is 9.68. The number of halogens is 1. The third kappa shape index (κ3) is 7.34. The first-order valence-electron chi connectivity index (χ1n) is 13.3. The van der Waals surface area contributed by atoms with Crippen LogP contribution in [0.1, 0.15) is 55.0 Å². The number of rotatable bonds is 10. The maximum Gasteiger partial charge on any atom is 0.322 e. The number of carbonyl (C=O) groups is 2. The van der Waals surface area contributed by atoms with Crippen LogP contribution < -0.4 is 10.1 Å². The normalized spacial score (nSPS) is 13.7. The Hall–Kier alpha value is -3.39. The van der Waals surface area contributed by atoms with Crippen molar-refractivity contribution in [1.82, 2.24) is 9.80 Å². The van der Waals surface area contributed by atoms with Crippen LogP contribution in [0.4, 0.5) is 14.9 Å². The van der Waals surface area contributed by atoms with Crippen molar-refractivity contribution in [3.8, 4) is 5.75 Å². The van der Waals surface area contributed by atoms with Crippen molar-refractivity contribution in [2.24, 2.45) is 0 Å². The summed E-state index contributed by atoms with van der Waals surface area (Å²) in [4.78, 5) is 32.0. The average molecular weight is 538 g/mol. The summed E-state index contributed by atoms with van der Waals surface area (Å²) in [6.45, 7) is 5.16. The average Bonchev–Trinajstić information content (AvgIpc) is 3.33. The molecule has 0 aliphatic heterocycles. The summed E-state index contributed by atoms with van der Waals surface area (Å²) < 4.78 is 19.2. The fourth-order valence-electron chi connectivity index (χ4n) is 4.83. The maximum absolute atomic E-state index is 13.8. The van der Waals surface area contributed by atoms with Gasteiger partial charge in [0.05, 0.1) is 18.8 Å². The molecule has 0 radical (unpaired) electrons. The van der Waals surface area contributed by atoms with Gasteiger partial charge in [0.25, 0.3) is 0 Å². The van der Waals surface area contributed by atoms with E-state index in [9.17, 15) is 14.0 Å². The molecule has 6 nitrogen and oxygen atoms in total. The Balaban J connectivity index is 1.56. The number of hydrogen-bond donors (Lipinski definition) is 1. The molecule has 1 aliphatic carbocycles. The van der Waals surface area contributed by atoms with Gasteiger partial charge in [-0.15, -0.1) is 11.3 Å². The van der Waals surface area contributed by atoms with Gasteiger partial charge >= 0.3 is 6.03 Å². The Morgan fingerprint density at radius 2 is 1.76 bits per heavy atom. The van der Waals surface area contributed by atoms with Crippen molar-refractivity contribution in [2.45, 2.75) is 65.1 Å². The largest absolute Gasteiger partial charge is 0.492 e. The lowest BCUT2D eigenvalue weighted by atomic mass is 9.94. The summed E-state index contributed by atoms with van der Waals surface area (Å²) in [7, 11) is 0. The zero-order valence-corrected chi connectivity index (χ0v) is 22.9. The molecule has 0 saturated heterocycles. The number of urea groups is 1. The van der Waals surface area contributed by atoms with Crippen LogP contribution in [0.3, 0.4) is 0 Å². The van der Waals surface area contributed by atoms with Gasteiger partial charge in [-0.1, -0.05) is 43.5 Å². The number of carbonyl (C=O) groups excluding carboxylic acids is 2. The first-order chi connectivity index (χ1) is 18.4. The summed E-state index contributed by atoms with van der Waals surface area (Å²) in [5.41, 5.74) is 2.56. The minimum atomic E-state index is -0.312. The minimum Gasteiger partial charge on any atom is -0.492 e. The Morgan fingerprint density at radius 1 is 1.03 bits per heavy atom. The van der Waals surface area contributed by atoms with E-state index in [2.05, 4.69) is 5.32 Å². The van der Waals surface area contributed by atoms with Crippen molar-refractivity contribution in [3.05, 3.63) is 81.8 Å². The van der Waals surface area contributed by atoms with Crippen molar-refractivity contribution < 1.29 is 18.7 Å². The van der Waals surface area contributed by atoms with Crippen LogP contribution in [-0.2, 0) is 17.9 Å². The number of anilines is 1. The lowest BCUT2D eigenvalue weighted by Crippen LogP contribution is -2.49. The van der Waals surface area contributed by atoms with E-state index >= 15 is 0 Å². The van der Waals surface area contributed by atoms with E-state index in [0.717, 1.165) is 48.1 Å². The van der Waals surface area contributed by atoms with Gasteiger partial charge in [0.2, 0.25) is 5.91 Å². The predicted molar refractivity (Wildman–Crippen MR) is 150 cm³/mol. The highest BCUT2D eigenvalue weighted by Gasteiger charge is 2.30. The number of aryl methyl sites for hydroxylation is 1. The van der Waals surface area contributed by atoms with E-state index in [1.54, 1.807) is 33.3 Å². The van der Waals surface area contributed by atoms with Gasteiger partial charge in [0.1, 0.15) is 18.1 Å². The molecule has 0 spiro atoms. The standard InChI is InChI=1S/C30H36FN3O3S/c1-3-37-27-12-8-7-11-26(27)32-30(36)34(25-9-5-4-6-10-25)21-29(35)33(20-28-22(2)17-18-38-28)19-23-13-15-24(31)16-14-23/h7-8,11-18,25H,3-6,9-10,19-21H2,1-2H3,(H,32,36). The molecule has 0 atom stereocenters. The Labute approximate surface area is 228 Å². The Bertz CT molecular complexity index is 1210. The topological polar surface area (TPSA) is 61.9 Å². The fourth-order valence-corrected chi connectivity index (χ4v) is 5.75. The van der Waals surface area contributed by atoms with Crippen molar-refractivity contribution >= 4 is 29.0 Å². The lowest BCUT2D eigenvalue weighted by Gasteiger charge is -2.35. The second kappa shape index (κ2) is 13.4. The molecule has 1 aliphatic rings. The van der Waals surface area contributed by atoms with Gasteiger partial charge in [-0.25, -0.2) is 9.18 Å². The van der Waals surface area contributed by atoms with Crippen LogP contribution in [-0.4, -0.2) is 40.9 Å². The Kier molecular flexibility index (Phi) is 9.76. The van der Waals surface area contributed by atoms with Crippen LogP contribution >= 0.6 is 11.3 Å². The molecular weight excluding hydrogens is 501 g/mol. The highest BCUT2D eigenvalue weighted by molar-refractivity contribution is 7.10. The monoisotopic (exact) mass is 537 g/mol. The van der Waals surface area contributed by atoms with Crippen molar-refractivity contribution in [2.75, 3.05) is 18.5 Å². The molecule has 0 unspecified atom stereocenters. The molecule has 8 heteroatoms. The molecule has 202 valence electrons. The van der Waals surface area contributed by atoms with Crippen LogP contribution in [0.2, 0.25) is 0 Å². The van der Waals surface area contributed by atoms with Gasteiger partial charge in [-0.05, 0) is 73.5 Å². The van der Waals surface area contributed by atoms with Crippen molar-refractivity contribution in [3.63, 3.8) is 0 Å². The van der Waals surface area contributed by atoms with Crippen LogP contribution in [0.25, 0.3) is 0 Å². The molecule has 3 amide bonds. The number of nitrogens with zero attached hydrogens (tertiary/aromatic N) is 2. The summed E-state index contributed by atoms with van der Waals surface area (Å²) >= 11 is 1.61. The van der Waals surface area contributed by atoms with E-state index in [4.69, 9.17) is 4.74 Å². The molecule has 38 heavy (non-hydrogen) atoms. The molecular formula is C30H36FN3O3S. The second-order valence-corrected chi connectivity index (χ2v) is 10.7. The maximum atomic E-state index is 13.8. The molecule has 3 aromatic rings. The van der Waals surface area contributed by atoms with Gasteiger partial charge in [-0.2, -0.15) is 0 Å². The number of benzene rings is 2. The Morgan fingerprint density at radius 3 is 2.45 bits per heavy atom. The zero-order chi connectivity index (χ0) is 26.9. The third-order valence-corrected chi connectivity index (χ3v) is 7.96. The predicted octanol–water partition coefficient (Wildman–Crippen LogP) is 6.99. The van der Waals surface area contributed by atoms with Gasteiger partial charge in [0, 0.05) is 17.5 Å². The van der Waals surface area contributed by atoms with Crippen LogP contribution in [0.5, 0.6) is 5.75 Å². The molecule has 0 bridgehead atoms. The minimum absolute atomic E-state index is 0.0110. The van der Waals surface area contributed by atoms with Gasteiger partial charge in [0.15, 0.2) is 0 Å². The molecule has 4 rings (SSSR count). The van der Waals surface area contributed by atoms with E-state index in [1.165, 1.54) is 12.1 Å². The quantitative estimate of drug-likeness (QED) is 0.303. The van der Waals surface area contributed by atoms with E-state index in [0.29, 0.717) is 31.1 Å². The smallest absolute Gasteiger partial charge is 0.322 e. The van der Waals surface area contributed by atoms with Crippen LogP contribution in [0, 0.1) is 12.7 Å². The van der Waals surface area contributed by atoms with Crippen molar-refractivity contribution in [1.29, 1.82) is 0 Å². The number of para-hydroxylation sites is 2. The van der Waals surface area contributed by atoms with Crippen LogP contribution in [0.15, 0.2) is 60.0 Å². The highest BCUT2D eigenvalue weighted by Crippen LogP contribution is 2.27. The first-order valence-corrected chi connectivity index (χ1v) is 14.2. The molecule has 1 fully saturated rings. The number of hydrogen-bond acceptors (Lipinski definition) is 4. The summed E-state index contributed by atoms with van der Waals surface area (Å²) in [6.07, 6.45) is 4.95. The third-order valence-electron chi connectivity index (χ3n) is 6.95. The summed E-state index contributed by atoms with van der Waals surface area (Å²) in [5.74, 6) is 0.151. The number of ether oxygens (including phenoxy) is 1. The summed E-state index contributed by atoms with van der Waals surface area (Å²) in [5, 5.41) is 5.02. The number of nitrogens with one attached hydrogen (secondary N) is 1. The molecule has 2 aromatic carbocycles. The highest BCUT2D eigenvalue weighted by atomic mass is 32.1. The van der Waals surface area contributed by atoms with E-state index < -0.39 is 0 Å². The number of thiophene rings is 1. The van der Waals surface area contributed by atoms with E-state index in [1.807, 2.05) is 49.6 Å². The fraction of sp³-hybridized carbons (Fsp3) is 0.400. The van der Waals surface area contributed by atoms with Gasteiger partial charge in [-0.3, -0.25) is 4.79 Å². The molecule has 1 N–H and O–H groups in total.